The highest BCUT2D eigenvalue weighted by atomic mass is 16.2. The first-order valence-electron chi connectivity index (χ1n) is 7.56. The molecular formula is C17H18N4O2. The molecule has 0 saturated heterocycles. The summed E-state index contributed by atoms with van der Waals surface area (Å²) >= 11 is 0. The van der Waals surface area contributed by atoms with Crippen LogP contribution in [0.4, 0.5) is 11.5 Å². The van der Waals surface area contributed by atoms with E-state index in [4.69, 9.17) is 0 Å². The quantitative estimate of drug-likeness (QED) is 0.829. The zero-order valence-corrected chi connectivity index (χ0v) is 13.1. The topological polar surface area (TPSA) is 84.0 Å². The zero-order valence-electron chi connectivity index (χ0n) is 13.1. The van der Waals surface area contributed by atoms with Gasteiger partial charge in [0.1, 0.15) is 17.3 Å². The lowest BCUT2D eigenvalue weighted by molar-refractivity contribution is 0.0944. The minimum atomic E-state index is -0.182. The Bertz CT molecular complexity index is 769. The molecule has 1 aliphatic rings. The number of nitrogens with zero attached hydrogens (tertiary/aromatic N) is 2. The highest BCUT2D eigenvalue weighted by Crippen LogP contribution is 2.20. The first kappa shape index (κ1) is 15.1. The number of aromatic nitrogens is 2. The molecule has 6 nitrogen and oxygen atoms in total. The number of carbonyl (C=O) groups is 2. The van der Waals surface area contributed by atoms with Crippen LogP contribution in [0.15, 0.2) is 30.3 Å². The SMILES string of the molecule is CC(=O)c1cccc(Nc2cc(C(=O)NC3CC3)nc(C)n2)c1. The monoisotopic (exact) mass is 310 g/mol. The molecule has 23 heavy (non-hydrogen) atoms. The maximum Gasteiger partial charge on any atom is 0.270 e. The molecule has 0 spiro atoms. The number of carbonyl (C=O) groups excluding carboxylic acids is 2. The summed E-state index contributed by atoms with van der Waals surface area (Å²) in [6.45, 7) is 3.26. The largest absolute Gasteiger partial charge is 0.348 e. The van der Waals surface area contributed by atoms with Gasteiger partial charge >= 0.3 is 0 Å². The predicted octanol–water partition coefficient (Wildman–Crippen LogP) is 2.62. The average Bonchev–Trinajstić information content (AvgIpc) is 3.31. The number of rotatable bonds is 5. The van der Waals surface area contributed by atoms with E-state index in [1.54, 1.807) is 31.2 Å². The van der Waals surface area contributed by atoms with Gasteiger partial charge in [-0.25, -0.2) is 9.97 Å². The number of anilines is 2. The molecular weight excluding hydrogens is 292 g/mol. The van der Waals surface area contributed by atoms with Crippen molar-refractivity contribution in [3.63, 3.8) is 0 Å². The summed E-state index contributed by atoms with van der Waals surface area (Å²) in [5.74, 6) is 0.855. The number of nitrogens with one attached hydrogen (secondary N) is 2. The smallest absolute Gasteiger partial charge is 0.270 e. The van der Waals surface area contributed by atoms with Gasteiger partial charge in [-0.3, -0.25) is 9.59 Å². The van der Waals surface area contributed by atoms with Crippen molar-refractivity contribution < 1.29 is 9.59 Å². The van der Waals surface area contributed by atoms with Crippen LogP contribution in [-0.4, -0.2) is 27.7 Å². The van der Waals surface area contributed by atoms with Gasteiger partial charge in [0.2, 0.25) is 0 Å². The fourth-order valence-electron chi connectivity index (χ4n) is 2.20. The summed E-state index contributed by atoms with van der Waals surface area (Å²) < 4.78 is 0. The molecule has 3 rings (SSSR count). The minimum Gasteiger partial charge on any atom is -0.348 e. The fraction of sp³-hybridized carbons (Fsp3) is 0.294. The van der Waals surface area contributed by atoms with Crippen molar-refractivity contribution in [1.29, 1.82) is 0 Å². The van der Waals surface area contributed by atoms with E-state index < -0.39 is 0 Å². The summed E-state index contributed by atoms with van der Waals surface area (Å²) in [6.07, 6.45) is 2.05. The number of hydrogen-bond donors (Lipinski definition) is 2. The molecule has 1 aromatic heterocycles. The first-order chi connectivity index (χ1) is 11.0. The third-order valence-electron chi connectivity index (χ3n) is 3.52. The Morgan fingerprint density at radius 3 is 2.65 bits per heavy atom. The molecule has 6 heteroatoms. The lowest BCUT2D eigenvalue weighted by atomic mass is 10.1. The molecule has 2 N–H and O–H groups in total. The molecule has 1 heterocycles. The van der Waals surface area contributed by atoms with Gasteiger partial charge in [-0.1, -0.05) is 12.1 Å². The van der Waals surface area contributed by atoms with Gasteiger partial charge in [-0.05, 0) is 38.8 Å². The van der Waals surface area contributed by atoms with E-state index in [2.05, 4.69) is 20.6 Å². The normalized spacial score (nSPS) is 13.5. The Kier molecular flexibility index (Phi) is 4.06. The molecule has 1 aromatic carbocycles. The summed E-state index contributed by atoms with van der Waals surface area (Å²) in [5, 5.41) is 6.03. The van der Waals surface area contributed by atoms with Gasteiger partial charge in [-0.2, -0.15) is 0 Å². The summed E-state index contributed by atoms with van der Waals surface area (Å²) in [4.78, 5) is 32.0. The van der Waals surface area contributed by atoms with Gasteiger partial charge in [0.25, 0.3) is 5.91 Å². The average molecular weight is 310 g/mol. The van der Waals surface area contributed by atoms with E-state index in [0.29, 0.717) is 22.9 Å². The van der Waals surface area contributed by atoms with E-state index in [-0.39, 0.29) is 17.7 Å². The summed E-state index contributed by atoms with van der Waals surface area (Å²) in [7, 11) is 0. The Balaban J connectivity index is 1.82. The Hall–Kier alpha value is -2.76. The molecule has 0 aliphatic heterocycles. The number of amides is 1. The van der Waals surface area contributed by atoms with Crippen LogP contribution < -0.4 is 10.6 Å². The third kappa shape index (κ3) is 3.91. The van der Waals surface area contributed by atoms with Crippen LogP contribution in [0.3, 0.4) is 0 Å². The van der Waals surface area contributed by atoms with E-state index >= 15 is 0 Å². The molecule has 0 bridgehead atoms. The standard InChI is InChI=1S/C17H18N4O2/c1-10(22)12-4-3-5-14(8-12)20-16-9-15(18-11(2)19-16)17(23)21-13-6-7-13/h3-5,8-9,13H,6-7H2,1-2H3,(H,21,23)(H,18,19,20). The molecule has 118 valence electrons. The number of aryl methyl sites for hydroxylation is 1. The van der Waals surface area contributed by atoms with Crippen molar-refractivity contribution in [3.8, 4) is 0 Å². The Morgan fingerprint density at radius 1 is 1.17 bits per heavy atom. The lowest BCUT2D eigenvalue weighted by Gasteiger charge is -2.09. The van der Waals surface area contributed by atoms with Gasteiger partial charge in [-0.15, -0.1) is 0 Å². The molecule has 0 unspecified atom stereocenters. The van der Waals surface area contributed by atoms with Crippen LogP contribution >= 0.6 is 0 Å². The number of ketones is 1. The van der Waals surface area contributed by atoms with Crippen molar-refractivity contribution in [3.05, 3.63) is 47.4 Å². The van der Waals surface area contributed by atoms with Gasteiger partial charge in [0.05, 0.1) is 0 Å². The van der Waals surface area contributed by atoms with Gasteiger partial charge in [0, 0.05) is 23.4 Å². The number of benzene rings is 1. The van der Waals surface area contributed by atoms with Crippen molar-refractivity contribution in [1.82, 2.24) is 15.3 Å². The highest BCUT2D eigenvalue weighted by Gasteiger charge is 2.24. The van der Waals surface area contributed by atoms with Crippen molar-refractivity contribution in [2.24, 2.45) is 0 Å². The molecule has 2 aromatic rings. The summed E-state index contributed by atoms with van der Waals surface area (Å²) in [6, 6.07) is 9.05. The Labute approximate surface area is 134 Å². The number of hydrogen-bond acceptors (Lipinski definition) is 5. The van der Waals surface area contributed by atoms with Crippen LogP contribution in [0, 0.1) is 6.92 Å². The molecule has 0 radical (unpaired) electrons. The molecule has 0 atom stereocenters. The number of Topliss-reactive ketones (excluding diaryl/α,β-unsaturated/α-hetero) is 1. The highest BCUT2D eigenvalue weighted by molar-refractivity contribution is 5.95. The van der Waals surface area contributed by atoms with Crippen molar-refractivity contribution >= 4 is 23.2 Å². The summed E-state index contributed by atoms with van der Waals surface area (Å²) in [5.41, 5.74) is 1.70. The van der Waals surface area contributed by atoms with Crippen LogP contribution in [0.5, 0.6) is 0 Å². The second-order valence-electron chi connectivity index (χ2n) is 5.70. The fourth-order valence-corrected chi connectivity index (χ4v) is 2.20. The van der Waals surface area contributed by atoms with Gasteiger partial charge in [0.15, 0.2) is 5.78 Å². The van der Waals surface area contributed by atoms with E-state index in [0.717, 1.165) is 18.5 Å². The van der Waals surface area contributed by atoms with Crippen LogP contribution in [0.1, 0.15) is 46.4 Å². The maximum atomic E-state index is 12.1. The molecule has 1 saturated carbocycles. The maximum absolute atomic E-state index is 12.1. The lowest BCUT2D eigenvalue weighted by Crippen LogP contribution is -2.26. The minimum absolute atomic E-state index is 0.00276. The van der Waals surface area contributed by atoms with E-state index in [1.807, 2.05) is 6.07 Å². The second-order valence-corrected chi connectivity index (χ2v) is 5.70. The third-order valence-corrected chi connectivity index (χ3v) is 3.52. The molecule has 1 amide bonds. The predicted molar refractivity (Wildman–Crippen MR) is 87.0 cm³/mol. The van der Waals surface area contributed by atoms with Crippen LogP contribution in [0.25, 0.3) is 0 Å². The molecule has 1 aliphatic carbocycles. The van der Waals surface area contributed by atoms with Crippen LogP contribution in [-0.2, 0) is 0 Å². The van der Waals surface area contributed by atoms with Crippen molar-refractivity contribution in [2.75, 3.05) is 5.32 Å². The molecule has 1 fully saturated rings. The van der Waals surface area contributed by atoms with Gasteiger partial charge < -0.3 is 10.6 Å². The van der Waals surface area contributed by atoms with E-state index in [9.17, 15) is 9.59 Å². The zero-order chi connectivity index (χ0) is 16.4. The second kappa shape index (κ2) is 6.16. The first-order valence-corrected chi connectivity index (χ1v) is 7.56. The van der Waals surface area contributed by atoms with Crippen LogP contribution in [0.2, 0.25) is 0 Å². The van der Waals surface area contributed by atoms with Crippen molar-refractivity contribution in [2.45, 2.75) is 32.7 Å². The Morgan fingerprint density at radius 2 is 1.96 bits per heavy atom. The van der Waals surface area contributed by atoms with E-state index in [1.165, 1.54) is 6.92 Å².